The number of carbonyl (C=O) groups is 1. The van der Waals surface area contributed by atoms with Crippen molar-refractivity contribution in [3.05, 3.63) is 0 Å². The van der Waals surface area contributed by atoms with Crippen LogP contribution in [-0.2, 0) is 14.6 Å². The summed E-state index contributed by atoms with van der Waals surface area (Å²) in [7, 11) is -3.02. The molecule has 1 atom stereocenters. The molecule has 3 N–H and O–H groups in total. The van der Waals surface area contributed by atoms with E-state index in [-0.39, 0.29) is 29.9 Å². The van der Waals surface area contributed by atoms with E-state index in [9.17, 15) is 13.2 Å². The molecule has 1 aliphatic carbocycles. The number of hydrogen-bond acceptors (Lipinski definition) is 4. The first-order chi connectivity index (χ1) is 7.29. The molecule has 0 aromatic carbocycles. The maximum absolute atomic E-state index is 11.7. The lowest BCUT2D eigenvalue weighted by Crippen LogP contribution is -2.54. The summed E-state index contributed by atoms with van der Waals surface area (Å²) < 4.78 is 22.4. The van der Waals surface area contributed by atoms with Gasteiger partial charge in [-0.3, -0.25) is 4.79 Å². The van der Waals surface area contributed by atoms with Crippen molar-refractivity contribution >= 4 is 15.7 Å². The molecule has 0 radical (unpaired) electrons. The molecule has 0 aliphatic heterocycles. The van der Waals surface area contributed by atoms with E-state index in [0.717, 1.165) is 12.8 Å². The number of hydrogen-bond donors (Lipinski definition) is 2. The molecule has 94 valence electrons. The lowest BCUT2D eigenvalue weighted by atomic mass is 9.96. The molecular formula is C10H20N2O3S. The fraction of sp³-hybridized carbons (Fsp3) is 0.900. The Hall–Kier alpha value is -0.620. The zero-order valence-electron chi connectivity index (χ0n) is 9.82. The van der Waals surface area contributed by atoms with E-state index in [4.69, 9.17) is 5.73 Å². The van der Waals surface area contributed by atoms with Crippen LogP contribution < -0.4 is 11.1 Å². The molecule has 0 saturated heterocycles. The normalized spacial score (nSPS) is 20.2. The molecule has 6 heteroatoms. The fourth-order valence-electron chi connectivity index (χ4n) is 1.52. The van der Waals surface area contributed by atoms with Gasteiger partial charge in [0.1, 0.15) is 0 Å². The van der Waals surface area contributed by atoms with E-state index in [1.165, 1.54) is 0 Å². The molecule has 16 heavy (non-hydrogen) atoms. The zero-order valence-corrected chi connectivity index (χ0v) is 10.6. The third kappa shape index (κ3) is 3.45. The first kappa shape index (κ1) is 13.4. The first-order valence-electron chi connectivity index (χ1n) is 5.57. The van der Waals surface area contributed by atoms with Crippen molar-refractivity contribution in [3.8, 4) is 0 Å². The van der Waals surface area contributed by atoms with Crippen molar-refractivity contribution in [3.63, 3.8) is 0 Å². The fourth-order valence-corrected chi connectivity index (χ4v) is 2.23. The Labute approximate surface area is 96.7 Å². The lowest BCUT2D eigenvalue weighted by molar-refractivity contribution is -0.126. The van der Waals surface area contributed by atoms with Crippen molar-refractivity contribution in [1.82, 2.24) is 5.32 Å². The number of sulfone groups is 1. The summed E-state index contributed by atoms with van der Waals surface area (Å²) in [5, 5.41) is 2.59. The van der Waals surface area contributed by atoms with Crippen LogP contribution in [0.25, 0.3) is 0 Å². The SMILES string of the molecule is CCS(=O)(=O)CCNC(=O)C(C)(N)C1CC1. The zero-order chi connectivity index (χ0) is 12.4. The molecule has 1 saturated carbocycles. The Kier molecular flexibility index (Phi) is 3.96. The van der Waals surface area contributed by atoms with Gasteiger partial charge in [-0.2, -0.15) is 0 Å². The molecule has 1 rings (SSSR count). The van der Waals surface area contributed by atoms with Crippen LogP contribution >= 0.6 is 0 Å². The van der Waals surface area contributed by atoms with Gasteiger partial charge in [-0.05, 0) is 25.7 Å². The van der Waals surface area contributed by atoms with Crippen LogP contribution in [0.1, 0.15) is 26.7 Å². The minimum atomic E-state index is -3.02. The second-order valence-electron chi connectivity index (χ2n) is 4.55. The van der Waals surface area contributed by atoms with E-state index < -0.39 is 15.4 Å². The Bertz CT molecular complexity index is 358. The van der Waals surface area contributed by atoms with Crippen LogP contribution in [0.3, 0.4) is 0 Å². The second kappa shape index (κ2) is 4.71. The van der Waals surface area contributed by atoms with Gasteiger partial charge in [0.05, 0.1) is 11.3 Å². The monoisotopic (exact) mass is 248 g/mol. The van der Waals surface area contributed by atoms with E-state index in [2.05, 4.69) is 5.32 Å². The van der Waals surface area contributed by atoms with E-state index in [1.54, 1.807) is 13.8 Å². The summed E-state index contributed by atoms with van der Waals surface area (Å²) in [5.74, 6) is 0.0815. The van der Waals surface area contributed by atoms with Crippen LogP contribution in [0, 0.1) is 5.92 Å². The Morgan fingerprint density at radius 1 is 1.50 bits per heavy atom. The van der Waals surface area contributed by atoms with Gasteiger partial charge in [0, 0.05) is 12.3 Å². The summed E-state index contributed by atoms with van der Waals surface area (Å²) in [6, 6.07) is 0. The Morgan fingerprint density at radius 2 is 2.06 bits per heavy atom. The molecular weight excluding hydrogens is 228 g/mol. The molecule has 1 fully saturated rings. The van der Waals surface area contributed by atoms with Crippen molar-refractivity contribution < 1.29 is 13.2 Å². The minimum absolute atomic E-state index is 0.0179. The van der Waals surface area contributed by atoms with E-state index >= 15 is 0 Å². The largest absolute Gasteiger partial charge is 0.353 e. The molecule has 0 aromatic heterocycles. The molecule has 5 nitrogen and oxygen atoms in total. The molecule has 1 amide bonds. The molecule has 0 bridgehead atoms. The van der Waals surface area contributed by atoms with Gasteiger partial charge < -0.3 is 11.1 Å². The van der Waals surface area contributed by atoms with Gasteiger partial charge in [-0.1, -0.05) is 6.92 Å². The number of nitrogens with two attached hydrogens (primary N) is 1. The van der Waals surface area contributed by atoms with Crippen LogP contribution in [-0.4, -0.2) is 37.9 Å². The minimum Gasteiger partial charge on any atom is -0.353 e. The predicted molar refractivity (Wildman–Crippen MR) is 62.7 cm³/mol. The smallest absolute Gasteiger partial charge is 0.240 e. The number of amides is 1. The standard InChI is InChI=1S/C10H20N2O3S/c1-3-16(14,15)7-6-12-9(13)10(2,11)8-4-5-8/h8H,3-7,11H2,1-2H3,(H,12,13). The van der Waals surface area contributed by atoms with Gasteiger partial charge in [0.2, 0.25) is 5.91 Å². The van der Waals surface area contributed by atoms with Gasteiger partial charge >= 0.3 is 0 Å². The third-order valence-electron chi connectivity index (χ3n) is 3.05. The molecule has 1 aliphatic rings. The summed E-state index contributed by atoms with van der Waals surface area (Å²) in [6.45, 7) is 3.44. The highest BCUT2D eigenvalue weighted by Gasteiger charge is 2.43. The number of carbonyl (C=O) groups excluding carboxylic acids is 1. The van der Waals surface area contributed by atoms with Crippen molar-refractivity contribution in [2.75, 3.05) is 18.1 Å². The average Bonchev–Trinajstić information content (AvgIpc) is 3.00. The van der Waals surface area contributed by atoms with Gasteiger partial charge in [0.25, 0.3) is 0 Å². The van der Waals surface area contributed by atoms with Crippen LogP contribution in [0.2, 0.25) is 0 Å². The number of rotatable bonds is 6. The Morgan fingerprint density at radius 3 is 2.50 bits per heavy atom. The second-order valence-corrected chi connectivity index (χ2v) is 7.02. The van der Waals surface area contributed by atoms with Gasteiger partial charge in [0.15, 0.2) is 9.84 Å². The van der Waals surface area contributed by atoms with Gasteiger partial charge in [-0.25, -0.2) is 8.42 Å². The van der Waals surface area contributed by atoms with E-state index in [0.29, 0.717) is 0 Å². The molecule has 1 unspecified atom stereocenters. The highest BCUT2D eigenvalue weighted by atomic mass is 32.2. The quantitative estimate of drug-likeness (QED) is 0.673. The van der Waals surface area contributed by atoms with E-state index in [1.807, 2.05) is 0 Å². The average molecular weight is 248 g/mol. The third-order valence-corrected chi connectivity index (χ3v) is 4.76. The molecule has 0 spiro atoms. The highest BCUT2D eigenvalue weighted by molar-refractivity contribution is 7.91. The lowest BCUT2D eigenvalue weighted by Gasteiger charge is -2.23. The molecule has 0 heterocycles. The summed E-state index contributed by atoms with van der Waals surface area (Å²) >= 11 is 0. The molecule has 0 aromatic rings. The maximum atomic E-state index is 11.7. The van der Waals surface area contributed by atoms with Crippen molar-refractivity contribution in [2.24, 2.45) is 11.7 Å². The maximum Gasteiger partial charge on any atom is 0.240 e. The number of nitrogens with one attached hydrogen (secondary N) is 1. The predicted octanol–water partition coefficient (Wildman–Crippen LogP) is -0.335. The summed E-state index contributed by atoms with van der Waals surface area (Å²) in [6.07, 6.45) is 1.96. The summed E-state index contributed by atoms with van der Waals surface area (Å²) in [4.78, 5) is 11.7. The first-order valence-corrected chi connectivity index (χ1v) is 7.39. The van der Waals surface area contributed by atoms with Crippen molar-refractivity contribution in [1.29, 1.82) is 0 Å². The van der Waals surface area contributed by atoms with Crippen molar-refractivity contribution in [2.45, 2.75) is 32.2 Å². The highest BCUT2D eigenvalue weighted by Crippen LogP contribution is 2.37. The van der Waals surface area contributed by atoms with Crippen LogP contribution in [0.4, 0.5) is 0 Å². The van der Waals surface area contributed by atoms with Gasteiger partial charge in [-0.15, -0.1) is 0 Å². The summed E-state index contributed by atoms with van der Waals surface area (Å²) in [5.41, 5.74) is 5.04. The van der Waals surface area contributed by atoms with Crippen LogP contribution in [0.5, 0.6) is 0 Å². The topological polar surface area (TPSA) is 89.3 Å². The van der Waals surface area contributed by atoms with Crippen LogP contribution in [0.15, 0.2) is 0 Å². The Balaban J connectivity index is 2.36.